The summed E-state index contributed by atoms with van der Waals surface area (Å²) in [6, 6.07) is 18.1. The third kappa shape index (κ3) is 4.27. The molecule has 148 valence electrons. The van der Waals surface area contributed by atoms with Gasteiger partial charge in [0.1, 0.15) is 5.82 Å². The van der Waals surface area contributed by atoms with Gasteiger partial charge in [0.2, 0.25) is 0 Å². The van der Waals surface area contributed by atoms with Crippen molar-refractivity contribution in [2.24, 2.45) is 5.73 Å². The van der Waals surface area contributed by atoms with Crippen molar-refractivity contribution in [3.05, 3.63) is 95.8 Å². The summed E-state index contributed by atoms with van der Waals surface area (Å²) in [6.45, 7) is 1.09. The summed E-state index contributed by atoms with van der Waals surface area (Å²) in [6.07, 6.45) is 6.20. The first-order valence-corrected chi connectivity index (χ1v) is 9.62. The van der Waals surface area contributed by atoms with Gasteiger partial charge in [0.15, 0.2) is 0 Å². The van der Waals surface area contributed by atoms with Crippen molar-refractivity contribution in [2.75, 3.05) is 6.54 Å². The first-order chi connectivity index (χ1) is 14.7. The molecule has 2 heterocycles. The van der Waals surface area contributed by atoms with E-state index in [1.807, 2.05) is 47.3 Å². The van der Waals surface area contributed by atoms with E-state index in [9.17, 15) is 9.65 Å². The van der Waals surface area contributed by atoms with Crippen LogP contribution in [0.3, 0.4) is 0 Å². The Morgan fingerprint density at radius 1 is 1.03 bits per heavy atom. The summed E-state index contributed by atoms with van der Waals surface area (Å²) < 4.78 is 15.4. The first-order valence-electron chi connectivity index (χ1n) is 9.62. The van der Waals surface area contributed by atoms with Gasteiger partial charge >= 0.3 is 0 Å². The molecule has 5 nitrogen and oxygen atoms in total. The Morgan fingerprint density at radius 2 is 1.93 bits per heavy atom. The molecule has 2 N–H and O–H groups in total. The highest BCUT2D eigenvalue weighted by molar-refractivity contribution is 5.65. The largest absolute Gasteiger partial charge is 0.332 e. The lowest BCUT2D eigenvalue weighted by molar-refractivity contribution is 0.628. The van der Waals surface area contributed by atoms with Gasteiger partial charge < -0.3 is 10.3 Å². The second-order valence-electron chi connectivity index (χ2n) is 7.02. The fraction of sp³-hybridized carbons (Fsp3) is 0.125. The summed E-state index contributed by atoms with van der Waals surface area (Å²) in [4.78, 5) is 8.99. The monoisotopic (exact) mass is 397 g/mol. The number of imidazole rings is 1. The van der Waals surface area contributed by atoms with Gasteiger partial charge in [-0.05, 0) is 54.4 Å². The predicted octanol–water partition coefficient (Wildman–Crippen LogP) is 4.17. The maximum atomic E-state index is 13.5. The average molecular weight is 397 g/mol. The van der Waals surface area contributed by atoms with E-state index in [1.165, 1.54) is 12.1 Å². The standard InChI is InChI=1S/C24H20FN5/c25-21-3-1-2-19(11-21)24-15-30(16-29-24)14-20-10-18(12-27)4-6-22(20)23-7-5-17(8-9-26)13-28-23/h1-7,10-11,13,15-16H,8-9,14,26H2. The van der Waals surface area contributed by atoms with Gasteiger partial charge in [-0.25, -0.2) is 9.37 Å². The second kappa shape index (κ2) is 8.68. The number of hydrogen-bond acceptors (Lipinski definition) is 4. The van der Waals surface area contributed by atoms with Gasteiger partial charge in [-0.15, -0.1) is 0 Å². The summed E-state index contributed by atoms with van der Waals surface area (Å²) in [5.74, 6) is -0.296. The molecule has 0 amide bonds. The lowest BCUT2D eigenvalue weighted by Gasteiger charge is -2.11. The van der Waals surface area contributed by atoms with Gasteiger partial charge in [-0.2, -0.15) is 5.26 Å². The van der Waals surface area contributed by atoms with Crippen LogP contribution < -0.4 is 5.73 Å². The number of pyridine rings is 1. The summed E-state index contributed by atoms with van der Waals surface area (Å²) >= 11 is 0. The Bertz CT molecular complexity index is 1210. The SMILES string of the molecule is N#Cc1ccc(-c2ccc(CCN)cn2)c(Cn2cnc(-c3cccc(F)c3)c2)c1. The molecule has 0 atom stereocenters. The van der Waals surface area contributed by atoms with Crippen molar-refractivity contribution < 1.29 is 4.39 Å². The highest BCUT2D eigenvalue weighted by Gasteiger charge is 2.10. The molecule has 0 saturated carbocycles. The van der Waals surface area contributed by atoms with E-state index >= 15 is 0 Å². The van der Waals surface area contributed by atoms with Crippen molar-refractivity contribution in [1.82, 2.24) is 14.5 Å². The number of halogens is 1. The molecule has 0 radical (unpaired) electrons. The summed E-state index contributed by atoms with van der Waals surface area (Å²) in [7, 11) is 0. The van der Waals surface area contributed by atoms with E-state index in [1.54, 1.807) is 18.5 Å². The van der Waals surface area contributed by atoms with Crippen LogP contribution in [0.25, 0.3) is 22.5 Å². The molecule has 2 aromatic heterocycles. The van der Waals surface area contributed by atoms with Gasteiger partial charge in [0, 0.05) is 30.1 Å². The predicted molar refractivity (Wildman–Crippen MR) is 114 cm³/mol. The summed E-state index contributed by atoms with van der Waals surface area (Å²) in [5, 5.41) is 9.33. The lowest BCUT2D eigenvalue weighted by atomic mass is 10.0. The van der Waals surface area contributed by atoms with E-state index in [0.717, 1.165) is 34.4 Å². The fourth-order valence-corrected chi connectivity index (χ4v) is 3.38. The van der Waals surface area contributed by atoms with Crippen molar-refractivity contribution >= 4 is 0 Å². The summed E-state index contributed by atoms with van der Waals surface area (Å²) in [5.41, 5.74) is 11.4. The minimum atomic E-state index is -0.296. The second-order valence-corrected chi connectivity index (χ2v) is 7.02. The number of benzene rings is 2. The number of nitriles is 1. The number of aromatic nitrogens is 3. The van der Waals surface area contributed by atoms with Gasteiger partial charge in [-0.3, -0.25) is 4.98 Å². The van der Waals surface area contributed by atoms with Gasteiger partial charge in [-0.1, -0.05) is 24.3 Å². The Morgan fingerprint density at radius 3 is 2.67 bits per heavy atom. The van der Waals surface area contributed by atoms with E-state index in [-0.39, 0.29) is 5.82 Å². The van der Waals surface area contributed by atoms with E-state index in [0.29, 0.717) is 24.3 Å². The van der Waals surface area contributed by atoms with Crippen LogP contribution in [0.4, 0.5) is 4.39 Å². The zero-order valence-corrected chi connectivity index (χ0v) is 16.3. The number of rotatable bonds is 6. The molecule has 0 saturated heterocycles. The van der Waals surface area contributed by atoms with Crippen molar-refractivity contribution in [2.45, 2.75) is 13.0 Å². The minimum absolute atomic E-state index is 0.296. The van der Waals surface area contributed by atoms with Crippen LogP contribution in [0.5, 0.6) is 0 Å². The van der Waals surface area contributed by atoms with E-state index in [2.05, 4.69) is 16.0 Å². The third-order valence-electron chi connectivity index (χ3n) is 4.87. The molecule has 0 fully saturated rings. The molecular formula is C24H20FN5. The molecule has 0 aliphatic rings. The Balaban J connectivity index is 1.66. The smallest absolute Gasteiger partial charge is 0.123 e. The van der Waals surface area contributed by atoms with Crippen LogP contribution in [0.2, 0.25) is 0 Å². The minimum Gasteiger partial charge on any atom is -0.332 e. The molecule has 0 aliphatic carbocycles. The van der Waals surface area contributed by atoms with E-state index in [4.69, 9.17) is 5.73 Å². The Kier molecular flexibility index (Phi) is 5.64. The van der Waals surface area contributed by atoms with Crippen molar-refractivity contribution in [3.8, 4) is 28.6 Å². The normalized spacial score (nSPS) is 10.7. The maximum Gasteiger partial charge on any atom is 0.123 e. The van der Waals surface area contributed by atoms with Crippen LogP contribution >= 0.6 is 0 Å². The fourth-order valence-electron chi connectivity index (χ4n) is 3.38. The molecule has 0 aliphatic heterocycles. The molecule has 30 heavy (non-hydrogen) atoms. The maximum absolute atomic E-state index is 13.5. The zero-order chi connectivity index (χ0) is 20.9. The molecule has 0 unspecified atom stereocenters. The van der Waals surface area contributed by atoms with Crippen LogP contribution in [-0.4, -0.2) is 21.1 Å². The molecule has 0 spiro atoms. The van der Waals surface area contributed by atoms with Crippen molar-refractivity contribution in [3.63, 3.8) is 0 Å². The van der Waals surface area contributed by atoms with Gasteiger partial charge in [0.25, 0.3) is 0 Å². The van der Waals surface area contributed by atoms with Crippen LogP contribution in [0.15, 0.2) is 73.3 Å². The molecule has 6 heteroatoms. The highest BCUT2D eigenvalue weighted by Crippen LogP contribution is 2.25. The van der Waals surface area contributed by atoms with Crippen LogP contribution in [0, 0.1) is 17.1 Å². The topological polar surface area (TPSA) is 80.5 Å². The highest BCUT2D eigenvalue weighted by atomic mass is 19.1. The average Bonchev–Trinajstić information content (AvgIpc) is 3.23. The van der Waals surface area contributed by atoms with Crippen LogP contribution in [0.1, 0.15) is 16.7 Å². The zero-order valence-electron chi connectivity index (χ0n) is 16.3. The Hall–Kier alpha value is -3.82. The number of hydrogen-bond donors (Lipinski definition) is 1. The third-order valence-corrected chi connectivity index (χ3v) is 4.87. The number of nitrogens with two attached hydrogens (primary N) is 1. The molecular weight excluding hydrogens is 377 g/mol. The lowest BCUT2D eigenvalue weighted by Crippen LogP contribution is -2.03. The Labute approximate surface area is 174 Å². The molecule has 4 aromatic rings. The molecule has 2 aromatic carbocycles. The molecule has 0 bridgehead atoms. The van der Waals surface area contributed by atoms with Crippen LogP contribution in [-0.2, 0) is 13.0 Å². The number of nitrogens with zero attached hydrogens (tertiary/aromatic N) is 4. The quantitative estimate of drug-likeness (QED) is 0.529. The van der Waals surface area contributed by atoms with Crippen molar-refractivity contribution in [1.29, 1.82) is 5.26 Å². The van der Waals surface area contributed by atoms with E-state index < -0.39 is 0 Å². The van der Waals surface area contributed by atoms with Gasteiger partial charge in [0.05, 0.1) is 29.3 Å². The molecule has 4 rings (SSSR count). The first kappa shape index (κ1) is 19.5.